The molecule has 1 N–H and O–H groups in total. The number of piperidine rings is 1. The molecule has 0 aromatic carbocycles. The molecule has 130 valence electrons. The highest BCUT2D eigenvalue weighted by molar-refractivity contribution is 5.27. The fraction of sp³-hybridized carbons (Fsp3) is 0.562. The van der Waals surface area contributed by atoms with Crippen LogP contribution in [0.15, 0.2) is 18.5 Å². The fourth-order valence-corrected chi connectivity index (χ4v) is 3.12. The topological polar surface area (TPSA) is 58.9 Å². The number of nitrogens with one attached hydrogen (secondary N) is 1. The Morgan fingerprint density at radius 3 is 3.00 bits per heavy atom. The zero-order valence-electron chi connectivity index (χ0n) is 13.9. The maximum absolute atomic E-state index is 13.1. The van der Waals surface area contributed by atoms with Gasteiger partial charge in [0.2, 0.25) is 5.95 Å². The molecule has 1 fully saturated rings. The summed E-state index contributed by atoms with van der Waals surface area (Å²) < 4.78 is 27.6. The summed E-state index contributed by atoms with van der Waals surface area (Å²) in [5.41, 5.74) is 1.40. The van der Waals surface area contributed by atoms with Gasteiger partial charge in [-0.05, 0) is 32.4 Å². The van der Waals surface area contributed by atoms with Crippen molar-refractivity contribution in [1.29, 1.82) is 0 Å². The number of aryl methyl sites for hydroxylation is 2. The summed E-state index contributed by atoms with van der Waals surface area (Å²) in [6.07, 6.45) is 2.90. The lowest BCUT2D eigenvalue weighted by Crippen LogP contribution is -2.42. The minimum Gasteiger partial charge on any atom is -0.350 e. The van der Waals surface area contributed by atoms with Crippen LogP contribution in [0.1, 0.15) is 36.2 Å². The standard InChI is InChI=1S/C16H22F2N6/c1-11-5-6-19-16(20-11)21-13-4-3-7-24(10-13)9-12-8-23(2)22-14(12)15(17)18/h5-6,8,13,15H,3-4,7,9-10H2,1-2H3,(H,19,20,21). The van der Waals surface area contributed by atoms with E-state index in [-0.39, 0.29) is 11.7 Å². The molecule has 24 heavy (non-hydrogen) atoms. The third kappa shape index (κ3) is 4.05. The van der Waals surface area contributed by atoms with Gasteiger partial charge in [0.1, 0.15) is 5.69 Å². The number of hydrogen-bond acceptors (Lipinski definition) is 5. The van der Waals surface area contributed by atoms with Crippen molar-refractivity contribution in [3.63, 3.8) is 0 Å². The van der Waals surface area contributed by atoms with Crippen LogP contribution in [0.2, 0.25) is 0 Å². The van der Waals surface area contributed by atoms with Crippen LogP contribution in [0.3, 0.4) is 0 Å². The van der Waals surface area contributed by atoms with Gasteiger partial charge in [0.05, 0.1) is 0 Å². The first-order chi connectivity index (χ1) is 11.5. The maximum atomic E-state index is 13.1. The predicted molar refractivity (Wildman–Crippen MR) is 86.9 cm³/mol. The SMILES string of the molecule is Cc1ccnc(NC2CCCN(Cc3cn(C)nc3C(F)F)C2)n1. The molecule has 0 spiro atoms. The molecule has 3 rings (SSSR count). The molecule has 0 saturated carbocycles. The highest BCUT2D eigenvalue weighted by Crippen LogP contribution is 2.24. The number of likely N-dealkylation sites (tertiary alicyclic amines) is 1. The lowest BCUT2D eigenvalue weighted by molar-refractivity contribution is 0.141. The van der Waals surface area contributed by atoms with Crippen molar-refractivity contribution in [1.82, 2.24) is 24.6 Å². The van der Waals surface area contributed by atoms with Gasteiger partial charge in [-0.3, -0.25) is 9.58 Å². The first-order valence-electron chi connectivity index (χ1n) is 8.10. The number of alkyl halides is 2. The molecule has 6 nitrogen and oxygen atoms in total. The molecule has 1 atom stereocenters. The number of hydrogen-bond donors (Lipinski definition) is 1. The van der Waals surface area contributed by atoms with Crippen LogP contribution in [0.25, 0.3) is 0 Å². The minimum absolute atomic E-state index is 0.116. The second-order valence-electron chi connectivity index (χ2n) is 6.25. The Morgan fingerprint density at radius 2 is 2.25 bits per heavy atom. The summed E-state index contributed by atoms with van der Waals surface area (Å²) in [6.45, 7) is 4.08. The van der Waals surface area contributed by atoms with Gasteiger partial charge >= 0.3 is 0 Å². The molecule has 1 aliphatic heterocycles. The lowest BCUT2D eigenvalue weighted by atomic mass is 10.0. The molecule has 8 heteroatoms. The van der Waals surface area contributed by atoms with Gasteiger partial charge in [0, 0.05) is 49.8 Å². The van der Waals surface area contributed by atoms with Crippen molar-refractivity contribution >= 4 is 5.95 Å². The Labute approximate surface area is 139 Å². The van der Waals surface area contributed by atoms with E-state index in [4.69, 9.17) is 0 Å². The molecule has 1 saturated heterocycles. The molecule has 0 amide bonds. The summed E-state index contributed by atoms with van der Waals surface area (Å²) in [5, 5.41) is 7.22. The van der Waals surface area contributed by atoms with Gasteiger partial charge in [-0.2, -0.15) is 5.10 Å². The number of rotatable bonds is 5. The zero-order valence-corrected chi connectivity index (χ0v) is 13.9. The summed E-state index contributed by atoms with van der Waals surface area (Å²) in [5.74, 6) is 0.622. The van der Waals surface area contributed by atoms with Crippen molar-refractivity contribution in [2.75, 3.05) is 18.4 Å². The smallest absolute Gasteiger partial charge is 0.282 e. The highest BCUT2D eigenvalue weighted by Gasteiger charge is 2.24. The molecule has 2 aromatic rings. The second-order valence-corrected chi connectivity index (χ2v) is 6.25. The van der Waals surface area contributed by atoms with Crippen molar-refractivity contribution in [3.8, 4) is 0 Å². The highest BCUT2D eigenvalue weighted by atomic mass is 19.3. The molecule has 0 aliphatic carbocycles. The van der Waals surface area contributed by atoms with Crippen LogP contribution in [0, 0.1) is 6.92 Å². The first kappa shape index (κ1) is 16.8. The molecule has 1 aliphatic rings. The van der Waals surface area contributed by atoms with E-state index in [9.17, 15) is 8.78 Å². The molecular formula is C16H22F2N6. The van der Waals surface area contributed by atoms with E-state index in [1.807, 2.05) is 13.0 Å². The molecule has 2 aromatic heterocycles. The predicted octanol–water partition coefficient (Wildman–Crippen LogP) is 2.53. The third-order valence-corrected chi connectivity index (χ3v) is 4.17. The average molecular weight is 336 g/mol. The van der Waals surface area contributed by atoms with Gasteiger partial charge in [-0.1, -0.05) is 0 Å². The summed E-state index contributed by atoms with van der Waals surface area (Å²) in [7, 11) is 1.67. The van der Waals surface area contributed by atoms with E-state index in [2.05, 4.69) is 25.3 Å². The van der Waals surface area contributed by atoms with Gasteiger partial charge in [0.25, 0.3) is 6.43 Å². The van der Waals surface area contributed by atoms with Gasteiger partial charge in [-0.25, -0.2) is 18.7 Å². The Hall–Kier alpha value is -2.09. The van der Waals surface area contributed by atoms with E-state index < -0.39 is 6.43 Å². The number of nitrogens with zero attached hydrogens (tertiary/aromatic N) is 5. The summed E-state index contributed by atoms with van der Waals surface area (Å²) in [4.78, 5) is 10.8. The largest absolute Gasteiger partial charge is 0.350 e. The van der Waals surface area contributed by atoms with Crippen molar-refractivity contribution in [2.45, 2.75) is 38.8 Å². The van der Waals surface area contributed by atoms with Gasteiger partial charge in [-0.15, -0.1) is 0 Å². The molecule has 0 bridgehead atoms. The van der Waals surface area contributed by atoms with Crippen LogP contribution in [0.4, 0.5) is 14.7 Å². The van der Waals surface area contributed by atoms with Crippen molar-refractivity contribution in [2.24, 2.45) is 7.05 Å². The number of aromatic nitrogens is 4. The summed E-state index contributed by atoms with van der Waals surface area (Å²) >= 11 is 0. The monoisotopic (exact) mass is 336 g/mol. The van der Waals surface area contributed by atoms with Crippen molar-refractivity contribution < 1.29 is 8.78 Å². The Morgan fingerprint density at radius 1 is 1.42 bits per heavy atom. The molecular weight excluding hydrogens is 314 g/mol. The van der Waals surface area contributed by atoms with Crippen LogP contribution in [-0.4, -0.2) is 43.8 Å². The van der Waals surface area contributed by atoms with Crippen LogP contribution in [0.5, 0.6) is 0 Å². The molecule has 0 radical (unpaired) electrons. The Balaban J connectivity index is 1.63. The zero-order chi connectivity index (χ0) is 17.1. The molecule has 3 heterocycles. The Bertz CT molecular complexity index is 687. The third-order valence-electron chi connectivity index (χ3n) is 4.17. The van der Waals surface area contributed by atoms with E-state index in [1.54, 1.807) is 19.4 Å². The lowest BCUT2D eigenvalue weighted by Gasteiger charge is -2.33. The number of halogens is 2. The van der Waals surface area contributed by atoms with Gasteiger partial charge in [0.15, 0.2) is 0 Å². The Kier molecular flexibility index (Phi) is 5.03. The van der Waals surface area contributed by atoms with Crippen LogP contribution < -0.4 is 5.32 Å². The van der Waals surface area contributed by atoms with E-state index in [0.29, 0.717) is 18.1 Å². The van der Waals surface area contributed by atoms with E-state index in [0.717, 1.165) is 31.6 Å². The number of anilines is 1. The van der Waals surface area contributed by atoms with Crippen LogP contribution in [-0.2, 0) is 13.6 Å². The maximum Gasteiger partial charge on any atom is 0.282 e. The summed E-state index contributed by atoms with van der Waals surface area (Å²) in [6, 6.07) is 2.07. The van der Waals surface area contributed by atoms with E-state index >= 15 is 0 Å². The fourth-order valence-electron chi connectivity index (χ4n) is 3.12. The second kappa shape index (κ2) is 7.21. The van der Waals surface area contributed by atoms with Crippen molar-refractivity contribution in [3.05, 3.63) is 35.4 Å². The normalized spacial score (nSPS) is 19.0. The van der Waals surface area contributed by atoms with E-state index in [1.165, 1.54) is 4.68 Å². The average Bonchev–Trinajstić information content (AvgIpc) is 2.88. The van der Waals surface area contributed by atoms with Crippen LogP contribution >= 0.6 is 0 Å². The minimum atomic E-state index is -2.54. The van der Waals surface area contributed by atoms with Gasteiger partial charge < -0.3 is 5.32 Å². The first-order valence-corrected chi connectivity index (χ1v) is 8.10. The quantitative estimate of drug-likeness (QED) is 0.909. The molecule has 1 unspecified atom stereocenters.